The molecule has 8 heteroatoms. The predicted octanol–water partition coefficient (Wildman–Crippen LogP) is 3.41. The molecule has 0 radical (unpaired) electrons. The van der Waals surface area contributed by atoms with Gasteiger partial charge in [-0.15, -0.1) is 10.2 Å². The van der Waals surface area contributed by atoms with E-state index in [1.807, 2.05) is 6.20 Å². The van der Waals surface area contributed by atoms with E-state index < -0.39 is 0 Å². The quantitative estimate of drug-likeness (QED) is 0.742. The number of hydrogen-bond donors (Lipinski definition) is 1. The van der Waals surface area contributed by atoms with Crippen molar-refractivity contribution in [1.29, 1.82) is 0 Å². The average molecular weight is 382 g/mol. The maximum absolute atomic E-state index is 6.09. The number of nitrogen functional groups attached to an aromatic ring is 1. The van der Waals surface area contributed by atoms with Crippen LogP contribution >= 0.6 is 11.3 Å². The van der Waals surface area contributed by atoms with Gasteiger partial charge in [0.1, 0.15) is 29.5 Å². The average Bonchev–Trinajstić information content (AvgIpc) is 2.96. The lowest BCUT2D eigenvalue weighted by molar-refractivity contribution is 0.329. The Morgan fingerprint density at radius 2 is 2.11 bits per heavy atom. The van der Waals surface area contributed by atoms with Gasteiger partial charge in [-0.25, -0.2) is 9.97 Å². The van der Waals surface area contributed by atoms with Gasteiger partial charge in [-0.1, -0.05) is 25.2 Å². The Morgan fingerprint density at radius 1 is 1.26 bits per heavy atom. The summed E-state index contributed by atoms with van der Waals surface area (Å²) >= 11 is 1.39. The van der Waals surface area contributed by atoms with Crippen molar-refractivity contribution in [2.75, 3.05) is 23.8 Å². The van der Waals surface area contributed by atoms with E-state index in [4.69, 9.17) is 10.5 Å². The van der Waals surface area contributed by atoms with Gasteiger partial charge in [0.05, 0.1) is 6.54 Å². The third-order valence-corrected chi connectivity index (χ3v) is 5.45. The molecular formula is C19H22N6OS. The van der Waals surface area contributed by atoms with E-state index in [1.165, 1.54) is 11.3 Å². The molecule has 0 bridgehead atoms. The van der Waals surface area contributed by atoms with Crippen molar-refractivity contribution >= 4 is 22.3 Å². The number of nitrogens with two attached hydrogens (primary N) is 1. The molecule has 140 valence electrons. The van der Waals surface area contributed by atoms with Crippen LogP contribution in [0.4, 0.5) is 10.9 Å². The molecule has 0 spiro atoms. The van der Waals surface area contributed by atoms with Crippen LogP contribution in [0.2, 0.25) is 0 Å². The summed E-state index contributed by atoms with van der Waals surface area (Å²) in [4.78, 5) is 11.0. The smallest absolute Gasteiger partial charge is 0.203 e. The molecule has 27 heavy (non-hydrogen) atoms. The number of ether oxygens (including phenoxy) is 1. The van der Waals surface area contributed by atoms with E-state index in [2.05, 4.69) is 58.0 Å². The summed E-state index contributed by atoms with van der Waals surface area (Å²) in [5.41, 5.74) is 10.1. The van der Waals surface area contributed by atoms with Gasteiger partial charge in [0.25, 0.3) is 0 Å². The third kappa shape index (κ3) is 3.44. The Morgan fingerprint density at radius 3 is 2.85 bits per heavy atom. The Balaban J connectivity index is 1.74. The topological polar surface area (TPSA) is 90.0 Å². The van der Waals surface area contributed by atoms with Gasteiger partial charge < -0.3 is 15.4 Å². The Hall–Kier alpha value is -2.74. The van der Waals surface area contributed by atoms with Crippen LogP contribution in [0.25, 0.3) is 10.6 Å². The number of aromatic nitrogens is 4. The highest BCUT2D eigenvalue weighted by Gasteiger charge is 2.22. The number of benzene rings is 1. The van der Waals surface area contributed by atoms with E-state index in [1.54, 1.807) is 6.33 Å². The molecule has 0 saturated heterocycles. The fourth-order valence-electron chi connectivity index (χ4n) is 3.37. The molecule has 0 aliphatic carbocycles. The highest BCUT2D eigenvalue weighted by Crippen LogP contribution is 2.36. The number of hydrogen-bond acceptors (Lipinski definition) is 8. The summed E-state index contributed by atoms with van der Waals surface area (Å²) in [6.07, 6.45) is 3.52. The van der Waals surface area contributed by atoms with Crippen molar-refractivity contribution in [2.45, 2.75) is 33.2 Å². The van der Waals surface area contributed by atoms with Gasteiger partial charge in [0, 0.05) is 29.4 Å². The minimum Gasteiger partial charge on any atom is -0.491 e. The summed E-state index contributed by atoms with van der Waals surface area (Å²) in [6, 6.07) is 4.20. The zero-order chi connectivity index (χ0) is 19.0. The Kier molecular flexibility index (Phi) is 4.65. The second kappa shape index (κ2) is 7.11. The van der Waals surface area contributed by atoms with Gasteiger partial charge >= 0.3 is 0 Å². The number of fused-ring (bicyclic) bond motifs is 1. The molecule has 1 aliphatic heterocycles. The van der Waals surface area contributed by atoms with Gasteiger partial charge in [-0.2, -0.15) is 0 Å². The van der Waals surface area contributed by atoms with E-state index in [9.17, 15) is 0 Å². The zero-order valence-corrected chi connectivity index (χ0v) is 16.5. The summed E-state index contributed by atoms with van der Waals surface area (Å²) < 4.78 is 6.09. The second-order valence-corrected chi connectivity index (χ2v) is 7.96. The van der Waals surface area contributed by atoms with Gasteiger partial charge in [0.2, 0.25) is 5.13 Å². The first-order valence-corrected chi connectivity index (χ1v) is 9.75. The molecule has 1 aromatic carbocycles. The van der Waals surface area contributed by atoms with Crippen LogP contribution in [-0.4, -0.2) is 33.3 Å². The van der Waals surface area contributed by atoms with Gasteiger partial charge in [0.15, 0.2) is 0 Å². The molecule has 0 saturated carbocycles. The fraction of sp³-hybridized carbons (Fsp3) is 0.368. The summed E-state index contributed by atoms with van der Waals surface area (Å²) in [6.45, 7) is 8.48. The molecule has 7 nitrogen and oxygen atoms in total. The molecule has 1 aliphatic rings. The van der Waals surface area contributed by atoms with E-state index in [0.29, 0.717) is 17.7 Å². The van der Waals surface area contributed by atoms with Crippen molar-refractivity contribution in [2.24, 2.45) is 0 Å². The second-order valence-electron chi connectivity index (χ2n) is 6.95. The SMILES string of the molecule is Cc1cc(-c2nnc(N)s2)cc2c1OCCN(c1ncncc1C(C)C)C2. The van der Waals surface area contributed by atoms with Crippen molar-refractivity contribution in [3.05, 3.63) is 41.3 Å². The highest BCUT2D eigenvalue weighted by molar-refractivity contribution is 7.18. The maximum Gasteiger partial charge on any atom is 0.203 e. The first-order valence-electron chi connectivity index (χ1n) is 8.93. The minimum atomic E-state index is 0.349. The van der Waals surface area contributed by atoms with Crippen molar-refractivity contribution < 1.29 is 4.74 Å². The number of anilines is 2. The Labute approximate surface area is 162 Å². The van der Waals surface area contributed by atoms with Crippen LogP contribution in [0.5, 0.6) is 5.75 Å². The Bertz CT molecular complexity index is 971. The zero-order valence-electron chi connectivity index (χ0n) is 15.6. The molecule has 2 aromatic heterocycles. The minimum absolute atomic E-state index is 0.349. The normalized spacial score (nSPS) is 14.0. The van der Waals surface area contributed by atoms with Crippen LogP contribution in [0, 0.1) is 6.92 Å². The van der Waals surface area contributed by atoms with Crippen LogP contribution in [0.3, 0.4) is 0 Å². The van der Waals surface area contributed by atoms with E-state index >= 15 is 0 Å². The molecule has 2 N–H and O–H groups in total. The van der Waals surface area contributed by atoms with Crippen molar-refractivity contribution in [3.63, 3.8) is 0 Å². The van der Waals surface area contributed by atoms with Crippen molar-refractivity contribution in [3.8, 4) is 16.3 Å². The molecule has 0 fully saturated rings. The largest absolute Gasteiger partial charge is 0.491 e. The summed E-state index contributed by atoms with van der Waals surface area (Å²) in [5.74, 6) is 2.26. The number of aryl methyl sites for hydroxylation is 1. The molecule has 3 aromatic rings. The van der Waals surface area contributed by atoms with Crippen LogP contribution < -0.4 is 15.4 Å². The summed E-state index contributed by atoms with van der Waals surface area (Å²) in [5, 5.41) is 9.41. The number of rotatable bonds is 3. The fourth-order valence-corrected chi connectivity index (χ4v) is 3.97. The lowest BCUT2D eigenvalue weighted by atomic mass is 10.0. The lowest BCUT2D eigenvalue weighted by Crippen LogP contribution is -2.27. The first-order chi connectivity index (χ1) is 13.0. The van der Waals surface area contributed by atoms with Crippen LogP contribution in [0.1, 0.15) is 36.5 Å². The maximum atomic E-state index is 6.09. The molecule has 0 amide bonds. The molecule has 0 atom stereocenters. The van der Waals surface area contributed by atoms with Crippen LogP contribution in [-0.2, 0) is 6.54 Å². The first kappa shape index (κ1) is 17.7. The highest BCUT2D eigenvalue weighted by atomic mass is 32.1. The monoisotopic (exact) mass is 382 g/mol. The van der Waals surface area contributed by atoms with Gasteiger partial charge in [-0.3, -0.25) is 0 Å². The lowest BCUT2D eigenvalue weighted by Gasteiger charge is -2.24. The molecule has 3 heterocycles. The van der Waals surface area contributed by atoms with Crippen LogP contribution in [0.15, 0.2) is 24.7 Å². The molecule has 4 rings (SSSR count). The van der Waals surface area contributed by atoms with Crippen molar-refractivity contribution in [1.82, 2.24) is 20.2 Å². The van der Waals surface area contributed by atoms with E-state index in [-0.39, 0.29) is 0 Å². The number of nitrogens with zero attached hydrogens (tertiary/aromatic N) is 5. The third-order valence-electron chi connectivity index (χ3n) is 4.65. The molecule has 0 unspecified atom stereocenters. The predicted molar refractivity (Wildman–Crippen MR) is 107 cm³/mol. The van der Waals surface area contributed by atoms with E-state index in [0.717, 1.165) is 51.9 Å². The standard InChI is InChI=1S/C19H22N6OS/c1-11(2)15-8-21-10-22-17(15)25-4-5-26-16-12(3)6-13(7-14(16)9-25)18-23-24-19(20)27-18/h6-8,10-11H,4-5,9H2,1-3H3,(H2,20,24). The van der Waals surface area contributed by atoms with Gasteiger partial charge in [-0.05, 0) is 30.5 Å². The molecular weight excluding hydrogens is 360 g/mol. The summed E-state index contributed by atoms with van der Waals surface area (Å²) in [7, 11) is 0.